The SMILES string of the molecule is CCN(C)S(=O)(=O)c1ccc(Nc2ccc(N)cc2)c([N+](=O)[O-])c1. The Labute approximate surface area is 140 Å². The molecule has 0 bridgehead atoms. The summed E-state index contributed by atoms with van der Waals surface area (Å²) in [4.78, 5) is 10.6. The van der Waals surface area contributed by atoms with E-state index in [1.54, 1.807) is 31.2 Å². The van der Waals surface area contributed by atoms with Crippen LogP contribution in [-0.4, -0.2) is 31.2 Å². The molecule has 0 radical (unpaired) electrons. The van der Waals surface area contributed by atoms with E-state index in [1.165, 1.54) is 19.2 Å². The minimum atomic E-state index is -3.76. The second kappa shape index (κ2) is 6.85. The van der Waals surface area contributed by atoms with Crippen LogP contribution in [0.2, 0.25) is 0 Å². The van der Waals surface area contributed by atoms with Crippen molar-refractivity contribution in [2.75, 3.05) is 24.6 Å². The van der Waals surface area contributed by atoms with Gasteiger partial charge in [-0.3, -0.25) is 10.1 Å². The number of rotatable bonds is 6. The highest BCUT2D eigenvalue weighted by Gasteiger charge is 2.24. The average Bonchev–Trinajstić information content (AvgIpc) is 2.56. The van der Waals surface area contributed by atoms with E-state index < -0.39 is 14.9 Å². The van der Waals surface area contributed by atoms with Crippen LogP contribution in [0, 0.1) is 10.1 Å². The molecule has 2 rings (SSSR count). The number of nitro benzene ring substituents is 1. The lowest BCUT2D eigenvalue weighted by atomic mass is 10.2. The lowest BCUT2D eigenvalue weighted by Gasteiger charge is -2.15. The third-order valence-corrected chi connectivity index (χ3v) is 5.44. The Morgan fingerprint density at radius 2 is 1.83 bits per heavy atom. The number of hydrogen-bond donors (Lipinski definition) is 2. The van der Waals surface area contributed by atoms with Crippen LogP contribution < -0.4 is 11.1 Å². The van der Waals surface area contributed by atoms with Gasteiger partial charge in [0, 0.05) is 31.0 Å². The Morgan fingerprint density at radius 3 is 2.38 bits per heavy atom. The first kappa shape index (κ1) is 17.7. The van der Waals surface area contributed by atoms with E-state index in [9.17, 15) is 18.5 Å². The molecule has 0 aliphatic rings. The van der Waals surface area contributed by atoms with Gasteiger partial charge in [-0.25, -0.2) is 12.7 Å². The number of nitrogens with two attached hydrogens (primary N) is 1. The van der Waals surface area contributed by atoms with Crippen molar-refractivity contribution < 1.29 is 13.3 Å². The van der Waals surface area contributed by atoms with Crippen molar-refractivity contribution in [2.24, 2.45) is 0 Å². The van der Waals surface area contributed by atoms with Gasteiger partial charge in [0.15, 0.2) is 0 Å². The maximum Gasteiger partial charge on any atom is 0.294 e. The zero-order valence-corrected chi connectivity index (χ0v) is 14.1. The number of anilines is 3. The molecule has 0 saturated carbocycles. The predicted molar refractivity (Wildman–Crippen MR) is 92.7 cm³/mol. The minimum Gasteiger partial charge on any atom is -0.399 e. The van der Waals surface area contributed by atoms with E-state index in [-0.39, 0.29) is 22.8 Å². The molecular weight excluding hydrogens is 332 g/mol. The van der Waals surface area contributed by atoms with E-state index in [0.29, 0.717) is 11.4 Å². The molecule has 2 aromatic rings. The number of benzene rings is 2. The zero-order chi connectivity index (χ0) is 17.9. The second-order valence-corrected chi connectivity index (χ2v) is 7.15. The quantitative estimate of drug-likeness (QED) is 0.469. The lowest BCUT2D eigenvalue weighted by molar-refractivity contribution is -0.384. The highest BCUT2D eigenvalue weighted by atomic mass is 32.2. The fourth-order valence-corrected chi connectivity index (χ4v) is 3.20. The molecule has 0 spiro atoms. The van der Waals surface area contributed by atoms with Crippen LogP contribution in [0.15, 0.2) is 47.4 Å². The first-order valence-corrected chi connectivity index (χ1v) is 8.57. The maximum atomic E-state index is 12.3. The summed E-state index contributed by atoms with van der Waals surface area (Å²) in [6.07, 6.45) is 0. The zero-order valence-electron chi connectivity index (χ0n) is 13.3. The average molecular weight is 350 g/mol. The molecule has 0 saturated heterocycles. The van der Waals surface area contributed by atoms with Crippen LogP contribution in [-0.2, 0) is 10.0 Å². The molecule has 9 heteroatoms. The largest absolute Gasteiger partial charge is 0.399 e. The molecule has 0 unspecified atom stereocenters. The minimum absolute atomic E-state index is 0.124. The lowest BCUT2D eigenvalue weighted by Crippen LogP contribution is -2.26. The van der Waals surface area contributed by atoms with Gasteiger partial charge < -0.3 is 11.1 Å². The van der Waals surface area contributed by atoms with Crippen molar-refractivity contribution in [3.8, 4) is 0 Å². The summed E-state index contributed by atoms with van der Waals surface area (Å²) in [5, 5.41) is 14.2. The maximum absolute atomic E-state index is 12.3. The van der Waals surface area contributed by atoms with E-state index in [2.05, 4.69) is 5.32 Å². The molecule has 128 valence electrons. The molecule has 0 heterocycles. The molecule has 2 aromatic carbocycles. The Bertz CT molecular complexity index is 850. The Balaban J connectivity index is 2.44. The molecule has 0 atom stereocenters. The van der Waals surface area contributed by atoms with Gasteiger partial charge in [-0.1, -0.05) is 6.92 Å². The summed E-state index contributed by atoms with van der Waals surface area (Å²) >= 11 is 0. The highest BCUT2D eigenvalue weighted by molar-refractivity contribution is 7.89. The van der Waals surface area contributed by atoms with Gasteiger partial charge in [0.25, 0.3) is 5.69 Å². The van der Waals surface area contributed by atoms with Gasteiger partial charge in [-0.15, -0.1) is 0 Å². The van der Waals surface area contributed by atoms with Crippen molar-refractivity contribution in [1.29, 1.82) is 0 Å². The summed E-state index contributed by atoms with van der Waals surface area (Å²) < 4.78 is 25.8. The smallest absolute Gasteiger partial charge is 0.294 e. The highest BCUT2D eigenvalue weighted by Crippen LogP contribution is 2.31. The monoisotopic (exact) mass is 350 g/mol. The second-order valence-electron chi connectivity index (χ2n) is 5.10. The topological polar surface area (TPSA) is 119 Å². The molecule has 0 aromatic heterocycles. The van der Waals surface area contributed by atoms with Crippen molar-refractivity contribution >= 4 is 32.8 Å². The first-order valence-electron chi connectivity index (χ1n) is 7.13. The molecular formula is C15H18N4O4S. The van der Waals surface area contributed by atoms with Gasteiger partial charge >= 0.3 is 0 Å². The molecule has 8 nitrogen and oxygen atoms in total. The van der Waals surface area contributed by atoms with Crippen molar-refractivity contribution in [3.05, 3.63) is 52.6 Å². The summed E-state index contributed by atoms with van der Waals surface area (Å²) in [6, 6.07) is 10.4. The van der Waals surface area contributed by atoms with E-state index in [4.69, 9.17) is 5.73 Å². The van der Waals surface area contributed by atoms with Gasteiger partial charge in [-0.2, -0.15) is 0 Å². The number of nitrogens with one attached hydrogen (secondary N) is 1. The predicted octanol–water partition coefficient (Wildman–Crippen LogP) is 2.56. The normalized spacial score (nSPS) is 11.5. The first-order chi connectivity index (χ1) is 11.3. The third-order valence-electron chi connectivity index (χ3n) is 3.51. The number of nitro groups is 1. The van der Waals surface area contributed by atoms with Gasteiger partial charge in [0.1, 0.15) is 5.69 Å². The van der Waals surface area contributed by atoms with Crippen LogP contribution in [0.25, 0.3) is 0 Å². The number of sulfonamides is 1. The Hall–Kier alpha value is -2.65. The van der Waals surface area contributed by atoms with Crippen LogP contribution in [0.4, 0.5) is 22.7 Å². The number of nitrogens with zero attached hydrogens (tertiary/aromatic N) is 2. The summed E-state index contributed by atoms with van der Waals surface area (Å²) in [6.45, 7) is 1.95. The van der Waals surface area contributed by atoms with E-state index in [0.717, 1.165) is 10.4 Å². The molecule has 24 heavy (non-hydrogen) atoms. The van der Waals surface area contributed by atoms with E-state index in [1.807, 2.05) is 0 Å². The third kappa shape index (κ3) is 3.63. The number of hydrogen-bond acceptors (Lipinski definition) is 6. The number of nitrogen functional groups attached to an aromatic ring is 1. The summed E-state index contributed by atoms with van der Waals surface area (Å²) in [5.41, 5.74) is 6.65. The Kier molecular flexibility index (Phi) is 5.05. The van der Waals surface area contributed by atoms with Crippen LogP contribution in [0.5, 0.6) is 0 Å². The van der Waals surface area contributed by atoms with Crippen LogP contribution in [0.3, 0.4) is 0 Å². The van der Waals surface area contributed by atoms with Crippen molar-refractivity contribution in [3.63, 3.8) is 0 Å². The Morgan fingerprint density at radius 1 is 1.21 bits per heavy atom. The standard InChI is InChI=1S/C15H18N4O4S/c1-3-18(2)24(22,23)13-8-9-14(15(10-13)19(20)21)17-12-6-4-11(16)5-7-12/h4-10,17H,3,16H2,1-2H3. The van der Waals surface area contributed by atoms with Crippen molar-refractivity contribution in [1.82, 2.24) is 4.31 Å². The molecule has 0 amide bonds. The molecule has 0 aliphatic carbocycles. The fourth-order valence-electron chi connectivity index (χ4n) is 2.00. The molecule has 0 aliphatic heterocycles. The van der Waals surface area contributed by atoms with Crippen LogP contribution in [0.1, 0.15) is 6.92 Å². The fraction of sp³-hybridized carbons (Fsp3) is 0.200. The summed E-state index contributed by atoms with van der Waals surface area (Å²) in [5.74, 6) is 0. The molecule has 0 fully saturated rings. The molecule has 3 N–H and O–H groups in total. The van der Waals surface area contributed by atoms with E-state index >= 15 is 0 Å². The van der Waals surface area contributed by atoms with Crippen LogP contribution >= 0.6 is 0 Å². The van der Waals surface area contributed by atoms with Crippen molar-refractivity contribution in [2.45, 2.75) is 11.8 Å². The van der Waals surface area contributed by atoms with Gasteiger partial charge in [0.05, 0.1) is 9.82 Å². The summed E-state index contributed by atoms with van der Waals surface area (Å²) in [7, 11) is -2.34. The van der Waals surface area contributed by atoms with Gasteiger partial charge in [-0.05, 0) is 36.4 Å². The van der Waals surface area contributed by atoms with Gasteiger partial charge in [0.2, 0.25) is 10.0 Å².